The molecule has 0 atom stereocenters. The first kappa shape index (κ1) is 19.4. The third-order valence-corrected chi connectivity index (χ3v) is 5.27. The summed E-state index contributed by atoms with van der Waals surface area (Å²) in [4.78, 5) is 32.6. The number of aryl methyl sites for hydroxylation is 2. The smallest absolute Gasteiger partial charge is 0.239 e. The number of anilines is 1. The summed E-state index contributed by atoms with van der Waals surface area (Å²) in [6.45, 7) is 7.40. The number of Topliss-reactive ketones (excluding diaryl/α,β-unsaturated/α-hetero) is 1. The van der Waals surface area contributed by atoms with Gasteiger partial charge in [-0.05, 0) is 19.9 Å². The van der Waals surface area contributed by atoms with E-state index in [1.807, 2.05) is 31.2 Å². The summed E-state index contributed by atoms with van der Waals surface area (Å²) in [5, 5.41) is 7.49. The summed E-state index contributed by atoms with van der Waals surface area (Å²) in [5.74, 6) is 1.11. The van der Waals surface area contributed by atoms with Crippen LogP contribution in [0.1, 0.15) is 21.8 Å². The summed E-state index contributed by atoms with van der Waals surface area (Å²) in [7, 11) is 0. The number of H-pyrrole nitrogens is 1. The molecule has 0 spiro atoms. The Morgan fingerprint density at radius 1 is 1.10 bits per heavy atom. The van der Waals surface area contributed by atoms with Gasteiger partial charge < -0.3 is 14.8 Å². The lowest BCUT2D eigenvalue weighted by Crippen LogP contribution is -2.49. The van der Waals surface area contributed by atoms with E-state index in [4.69, 9.17) is 4.52 Å². The van der Waals surface area contributed by atoms with Gasteiger partial charge in [-0.25, -0.2) is 0 Å². The Balaban J connectivity index is 1.29. The van der Waals surface area contributed by atoms with Crippen molar-refractivity contribution in [1.82, 2.24) is 19.9 Å². The number of rotatable bonds is 6. The van der Waals surface area contributed by atoms with E-state index in [9.17, 15) is 9.59 Å². The molecule has 152 valence electrons. The fraction of sp³-hybridized carbons (Fsp3) is 0.381. The molecule has 8 heteroatoms. The highest BCUT2D eigenvalue weighted by atomic mass is 16.5. The molecule has 2 N–H and O–H groups in total. The quantitative estimate of drug-likeness (QED) is 0.622. The minimum atomic E-state index is -0.114. The fourth-order valence-electron chi connectivity index (χ4n) is 3.83. The van der Waals surface area contributed by atoms with E-state index in [1.165, 1.54) is 0 Å². The van der Waals surface area contributed by atoms with Crippen LogP contribution in [0.15, 0.2) is 34.9 Å². The van der Waals surface area contributed by atoms with Crippen LogP contribution in [0.3, 0.4) is 0 Å². The van der Waals surface area contributed by atoms with Crippen LogP contribution in [-0.4, -0.2) is 70.9 Å². The second-order valence-electron chi connectivity index (χ2n) is 7.52. The molecule has 0 saturated carbocycles. The Bertz CT molecular complexity index is 1030. The van der Waals surface area contributed by atoms with Gasteiger partial charge in [0.15, 0.2) is 11.6 Å². The zero-order valence-electron chi connectivity index (χ0n) is 16.7. The van der Waals surface area contributed by atoms with Gasteiger partial charge in [0, 0.05) is 54.4 Å². The van der Waals surface area contributed by atoms with E-state index in [1.54, 1.807) is 13.0 Å². The second-order valence-corrected chi connectivity index (χ2v) is 7.52. The van der Waals surface area contributed by atoms with E-state index in [0.29, 0.717) is 24.7 Å². The molecule has 0 unspecified atom stereocenters. The van der Waals surface area contributed by atoms with Crippen LogP contribution >= 0.6 is 0 Å². The lowest BCUT2D eigenvalue weighted by molar-refractivity contribution is -0.117. The summed E-state index contributed by atoms with van der Waals surface area (Å²) >= 11 is 0. The molecule has 29 heavy (non-hydrogen) atoms. The van der Waals surface area contributed by atoms with Crippen LogP contribution in [0, 0.1) is 13.8 Å². The van der Waals surface area contributed by atoms with E-state index in [-0.39, 0.29) is 11.7 Å². The molecular formula is C21H25N5O3. The Morgan fingerprint density at radius 3 is 2.48 bits per heavy atom. The maximum absolute atomic E-state index is 12.9. The van der Waals surface area contributed by atoms with Crippen LogP contribution in [0.2, 0.25) is 0 Å². The summed E-state index contributed by atoms with van der Waals surface area (Å²) in [6.07, 6.45) is 0. The normalized spacial score (nSPS) is 15.7. The van der Waals surface area contributed by atoms with E-state index >= 15 is 0 Å². The third-order valence-electron chi connectivity index (χ3n) is 5.27. The van der Waals surface area contributed by atoms with Gasteiger partial charge in [-0.1, -0.05) is 23.4 Å². The Labute approximate surface area is 168 Å². The molecule has 1 saturated heterocycles. The molecule has 1 fully saturated rings. The van der Waals surface area contributed by atoms with Crippen molar-refractivity contribution in [2.45, 2.75) is 13.8 Å². The molecule has 0 aliphatic carbocycles. The molecule has 3 aromatic rings. The number of amides is 1. The fourth-order valence-corrected chi connectivity index (χ4v) is 3.83. The number of aromatic amines is 1. The monoisotopic (exact) mass is 395 g/mol. The SMILES string of the molecule is Cc1cc(NC(=O)CN2CCN(CC(=O)c3c(C)[nH]c4ccccc34)CC2)no1. The van der Waals surface area contributed by atoms with Crippen molar-refractivity contribution < 1.29 is 14.1 Å². The average Bonchev–Trinajstić information content (AvgIpc) is 3.24. The topological polar surface area (TPSA) is 94.5 Å². The van der Waals surface area contributed by atoms with E-state index in [2.05, 4.69) is 25.3 Å². The molecule has 0 bridgehead atoms. The lowest BCUT2D eigenvalue weighted by atomic mass is 10.1. The molecule has 1 aromatic carbocycles. The third kappa shape index (κ3) is 4.38. The molecular weight excluding hydrogens is 370 g/mol. The average molecular weight is 395 g/mol. The van der Waals surface area contributed by atoms with E-state index < -0.39 is 0 Å². The predicted molar refractivity (Wildman–Crippen MR) is 110 cm³/mol. The first-order valence-electron chi connectivity index (χ1n) is 9.78. The van der Waals surface area contributed by atoms with Crippen molar-refractivity contribution in [2.75, 3.05) is 44.6 Å². The van der Waals surface area contributed by atoms with Crippen LogP contribution < -0.4 is 5.32 Å². The van der Waals surface area contributed by atoms with Crippen molar-refractivity contribution in [2.24, 2.45) is 0 Å². The lowest BCUT2D eigenvalue weighted by Gasteiger charge is -2.33. The number of piperazine rings is 1. The van der Waals surface area contributed by atoms with Gasteiger partial charge in [0.2, 0.25) is 5.91 Å². The molecule has 8 nitrogen and oxygen atoms in total. The van der Waals surface area contributed by atoms with Gasteiger partial charge in [0.1, 0.15) is 5.76 Å². The summed E-state index contributed by atoms with van der Waals surface area (Å²) in [5.41, 5.74) is 2.69. The van der Waals surface area contributed by atoms with Gasteiger partial charge in [-0.3, -0.25) is 19.4 Å². The highest BCUT2D eigenvalue weighted by molar-refractivity contribution is 6.10. The van der Waals surface area contributed by atoms with Crippen molar-refractivity contribution >= 4 is 28.4 Å². The number of ketones is 1. The van der Waals surface area contributed by atoms with Gasteiger partial charge in [-0.2, -0.15) is 0 Å². The maximum Gasteiger partial charge on any atom is 0.239 e. The zero-order valence-corrected chi connectivity index (χ0v) is 16.7. The first-order chi connectivity index (χ1) is 14.0. The second kappa shape index (κ2) is 8.18. The number of para-hydroxylation sites is 1. The summed E-state index contributed by atoms with van der Waals surface area (Å²) < 4.78 is 4.95. The minimum absolute atomic E-state index is 0.114. The molecule has 0 radical (unpaired) electrons. The molecule has 3 heterocycles. The molecule has 1 amide bonds. The van der Waals surface area contributed by atoms with E-state index in [0.717, 1.165) is 48.3 Å². The highest BCUT2D eigenvalue weighted by Crippen LogP contribution is 2.22. The van der Waals surface area contributed by atoms with Crippen LogP contribution in [0.5, 0.6) is 0 Å². The number of fused-ring (bicyclic) bond motifs is 1. The van der Waals surface area contributed by atoms with Crippen LogP contribution in [0.4, 0.5) is 5.82 Å². The Morgan fingerprint density at radius 2 is 1.79 bits per heavy atom. The number of benzene rings is 1. The number of carbonyl (C=O) groups excluding carboxylic acids is 2. The molecule has 1 aliphatic heterocycles. The Hall–Kier alpha value is -2.97. The number of hydrogen-bond acceptors (Lipinski definition) is 6. The number of nitrogens with zero attached hydrogens (tertiary/aromatic N) is 3. The maximum atomic E-state index is 12.9. The Kier molecular flexibility index (Phi) is 5.46. The van der Waals surface area contributed by atoms with Gasteiger partial charge >= 0.3 is 0 Å². The minimum Gasteiger partial charge on any atom is -0.360 e. The van der Waals surface area contributed by atoms with Gasteiger partial charge in [0.25, 0.3) is 0 Å². The van der Waals surface area contributed by atoms with Gasteiger partial charge in [-0.15, -0.1) is 0 Å². The van der Waals surface area contributed by atoms with Crippen molar-refractivity contribution in [1.29, 1.82) is 0 Å². The molecule has 1 aliphatic rings. The zero-order chi connectivity index (χ0) is 20.4. The van der Waals surface area contributed by atoms with Crippen molar-refractivity contribution in [3.63, 3.8) is 0 Å². The molecule has 2 aromatic heterocycles. The number of hydrogen-bond donors (Lipinski definition) is 2. The number of carbonyl (C=O) groups is 2. The number of aromatic nitrogens is 2. The largest absolute Gasteiger partial charge is 0.360 e. The van der Waals surface area contributed by atoms with Crippen molar-refractivity contribution in [3.05, 3.63) is 47.3 Å². The molecule has 4 rings (SSSR count). The van der Waals surface area contributed by atoms with Crippen LogP contribution in [0.25, 0.3) is 10.9 Å². The highest BCUT2D eigenvalue weighted by Gasteiger charge is 2.23. The standard InChI is InChI=1S/C21H25N5O3/c1-14-11-19(24-29-14)23-20(28)13-26-9-7-25(8-10-26)12-18(27)21-15(2)22-17-6-4-3-5-16(17)21/h3-6,11,22H,7-10,12-13H2,1-2H3,(H,23,24,28). The predicted octanol–water partition coefficient (Wildman–Crippen LogP) is 2.21. The van der Waals surface area contributed by atoms with Crippen LogP contribution in [-0.2, 0) is 4.79 Å². The first-order valence-corrected chi connectivity index (χ1v) is 9.78. The van der Waals surface area contributed by atoms with Gasteiger partial charge in [0.05, 0.1) is 13.1 Å². The number of nitrogens with one attached hydrogen (secondary N) is 2. The van der Waals surface area contributed by atoms with Crippen molar-refractivity contribution in [3.8, 4) is 0 Å². The summed E-state index contributed by atoms with van der Waals surface area (Å²) in [6, 6.07) is 9.58.